The van der Waals surface area contributed by atoms with E-state index in [-0.39, 0.29) is 0 Å². The fraction of sp³-hybridized carbons (Fsp3) is 0.0909. The molecular weight excluding hydrogens is 410 g/mol. The van der Waals surface area contributed by atoms with Gasteiger partial charge in [-0.2, -0.15) is 0 Å². The van der Waals surface area contributed by atoms with E-state index in [4.69, 9.17) is 0 Å². The van der Waals surface area contributed by atoms with Gasteiger partial charge in [0, 0.05) is 22.9 Å². The highest BCUT2D eigenvalue weighted by atomic mass is 15.0. The Morgan fingerprint density at radius 3 is 2.24 bits per heavy atom. The van der Waals surface area contributed by atoms with E-state index in [1.807, 2.05) is 0 Å². The fourth-order valence-corrected chi connectivity index (χ4v) is 7.10. The molecule has 0 atom stereocenters. The molecule has 0 saturated carbocycles. The first kappa shape index (κ1) is 17.4. The molecule has 34 heavy (non-hydrogen) atoms. The second kappa shape index (κ2) is 5.87. The van der Waals surface area contributed by atoms with E-state index in [1.165, 1.54) is 83.1 Å². The van der Waals surface area contributed by atoms with Crippen LogP contribution in [-0.2, 0) is 19.3 Å². The molecule has 5 aromatic carbocycles. The standard InChI is InChI=1S/C33H21N/c1-3-9-24-19(6-1)18-27-25(24)14-12-21-17-22-13-15-29-32(31(22)30(21)27)26-10-5-8-23-16-20-7-2-4-11-28(20)34(29)33(23)26/h1-15H,16-18H2. The van der Waals surface area contributed by atoms with Crippen molar-refractivity contribution < 1.29 is 0 Å². The summed E-state index contributed by atoms with van der Waals surface area (Å²) in [6.45, 7) is 0. The van der Waals surface area contributed by atoms with Gasteiger partial charge in [0.1, 0.15) is 0 Å². The molecule has 1 aliphatic heterocycles. The molecule has 0 spiro atoms. The lowest BCUT2D eigenvalue weighted by Gasteiger charge is -2.20. The van der Waals surface area contributed by atoms with E-state index in [2.05, 4.69) is 95.6 Å². The van der Waals surface area contributed by atoms with Crippen molar-refractivity contribution in [3.05, 3.63) is 124 Å². The summed E-state index contributed by atoms with van der Waals surface area (Å²) in [6.07, 6.45) is 3.08. The van der Waals surface area contributed by atoms with Gasteiger partial charge in [-0.25, -0.2) is 0 Å². The molecule has 0 radical (unpaired) electrons. The van der Waals surface area contributed by atoms with Gasteiger partial charge in [-0.05, 0) is 80.6 Å². The van der Waals surface area contributed by atoms with E-state index in [9.17, 15) is 0 Å². The molecule has 2 aliphatic carbocycles. The maximum absolute atomic E-state index is 2.54. The molecule has 0 saturated heterocycles. The molecular formula is C33H21N. The summed E-state index contributed by atoms with van der Waals surface area (Å²) < 4.78 is 2.54. The Morgan fingerprint density at radius 2 is 1.26 bits per heavy atom. The summed E-state index contributed by atoms with van der Waals surface area (Å²) in [7, 11) is 0. The number of rotatable bonds is 0. The minimum absolute atomic E-state index is 1.01. The molecule has 0 N–H and O–H groups in total. The smallest absolute Gasteiger partial charge is 0.0576 e. The van der Waals surface area contributed by atoms with E-state index < -0.39 is 0 Å². The van der Waals surface area contributed by atoms with E-state index in [0.717, 1.165) is 19.3 Å². The van der Waals surface area contributed by atoms with Crippen molar-refractivity contribution in [2.24, 2.45) is 0 Å². The summed E-state index contributed by atoms with van der Waals surface area (Å²) in [5.74, 6) is 0. The number of fused-ring (bicyclic) bond motifs is 13. The SMILES string of the molecule is c1ccc2c(c1)Cc1c-2ccc2c1-c1c(ccc3c1c1cccc4c1n3-c1ccccc1C4)C2. The summed E-state index contributed by atoms with van der Waals surface area (Å²) in [5.41, 5.74) is 18.7. The molecule has 0 unspecified atom stereocenters. The Labute approximate surface area is 197 Å². The van der Waals surface area contributed by atoms with Gasteiger partial charge in [-0.1, -0.05) is 78.9 Å². The van der Waals surface area contributed by atoms with Crippen molar-refractivity contribution in [2.75, 3.05) is 0 Å². The highest BCUT2D eigenvalue weighted by Gasteiger charge is 2.32. The van der Waals surface area contributed by atoms with Crippen LogP contribution in [0.4, 0.5) is 0 Å². The minimum Gasteiger partial charge on any atom is -0.309 e. The fourth-order valence-electron chi connectivity index (χ4n) is 7.10. The van der Waals surface area contributed by atoms with Gasteiger partial charge in [0.2, 0.25) is 0 Å². The van der Waals surface area contributed by atoms with Crippen LogP contribution in [0.25, 0.3) is 49.7 Å². The molecule has 0 bridgehead atoms. The Balaban J connectivity index is 1.45. The number of hydrogen-bond donors (Lipinski definition) is 0. The van der Waals surface area contributed by atoms with Gasteiger partial charge in [0.25, 0.3) is 0 Å². The van der Waals surface area contributed by atoms with Crippen LogP contribution in [0.3, 0.4) is 0 Å². The van der Waals surface area contributed by atoms with Gasteiger partial charge in [-0.15, -0.1) is 0 Å². The highest BCUT2D eigenvalue weighted by molar-refractivity contribution is 6.19. The molecule has 0 amide bonds. The lowest BCUT2D eigenvalue weighted by atomic mass is 9.92. The Hall–Kier alpha value is -4.10. The average molecular weight is 432 g/mol. The van der Waals surface area contributed by atoms with E-state index in [0.29, 0.717) is 0 Å². The third-order valence-electron chi connectivity index (χ3n) is 8.44. The van der Waals surface area contributed by atoms with Crippen LogP contribution in [0.5, 0.6) is 0 Å². The molecule has 1 heteroatoms. The maximum Gasteiger partial charge on any atom is 0.0576 e. The molecule has 9 rings (SSSR count). The van der Waals surface area contributed by atoms with Crippen molar-refractivity contribution in [1.82, 2.24) is 4.57 Å². The molecule has 6 aromatic rings. The minimum atomic E-state index is 1.01. The lowest BCUT2D eigenvalue weighted by Crippen LogP contribution is -2.07. The first-order valence-electron chi connectivity index (χ1n) is 12.3. The second-order valence-electron chi connectivity index (χ2n) is 10.1. The average Bonchev–Trinajstić information content (AvgIpc) is 3.54. The predicted octanol–water partition coefficient (Wildman–Crippen LogP) is 7.83. The van der Waals surface area contributed by atoms with Crippen LogP contribution < -0.4 is 0 Å². The van der Waals surface area contributed by atoms with Crippen LogP contribution in [0.15, 0.2) is 91.0 Å². The van der Waals surface area contributed by atoms with Gasteiger partial charge >= 0.3 is 0 Å². The summed E-state index contributed by atoms with van der Waals surface area (Å²) in [6, 6.07) is 34.3. The van der Waals surface area contributed by atoms with Gasteiger partial charge < -0.3 is 4.57 Å². The third kappa shape index (κ3) is 1.94. The number of benzene rings is 5. The zero-order chi connectivity index (χ0) is 22.0. The first-order valence-corrected chi connectivity index (χ1v) is 12.3. The van der Waals surface area contributed by atoms with E-state index in [1.54, 1.807) is 0 Å². The van der Waals surface area contributed by atoms with Crippen LogP contribution in [-0.4, -0.2) is 4.57 Å². The Kier molecular flexibility index (Phi) is 3.00. The number of nitrogens with zero attached hydrogens (tertiary/aromatic N) is 1. The van der Waals surface area contributed by atoms with Crippen molar-refractivity contribution in [3.8, 4) is 27.9 Å². The van der Waals surface area contributed by atoms with Crippen molar-refractivity contribution in [2.45, 2.75) is 19.3 Å². The zero-order valence-corrected chi connectivity index (χ0v) is 18.7. The van der Waals surface area contributed by atoms with Crippen LogP contribution in [0.1, 0.15) is 33.4 Å². The molecule has 158 valence electrons. The zero-order valence-electron chi connectivity index (χ0n) is 18.7. The van der Waals surface area contributed by atoms with Crippen LogP contribution in [0.2, 0.25) is 0 Å². The molecule has 1 nitrogen and oxygen atoms in total. The Morgan fingerprint density at radius 1 is 0.500 bits per heavy atom. The van der Waals surface area contributed by atoms with Gasteiger partial charge in [-0.3, -0.25) is 0 Å². The summed E-state index contributed by atoms with van der Waals surface area (Å²) in [4.78, 5) is 0. The lowest BCUT2D eigenvalue weighted by molar-refractivity contribution is 1.04. The van der Waals surface area contributed by atoms with Crippen LogP contribution >= 0.6 is 0 Å². The van der Waals surface area contributed by atoms with E-state index >= 15 is 0 Å². The predicted molar refractivity (Wildman–Crippen MR) is 140 cm³/mol. The second-order valence-corrected chi connectivity index (χ2v) is 10.1. The first-order chi connectivity index (χ1) is 16.9. The van der Waals surface area contributed by atoms with Crippen molar-refractivity contribution in [1.29, 1.82) is 0 Å². The molecule has 3 aliphatic rings. The Bertz CT molecular complexity index is 1880. The number of aromatic nitrogens is 1. The number of hydrogen-bond acceptors (Lipinski definition) is 0. The molecule has 1 aromatic heterocycles. The highest BCUT2D eigenvalue weighted by Crippen LogP contribution is 2.52. The van der Waals surface area contributed by atoms with Crippen LogP contribution in [0, 0.1) is 0 Å². The molecule has 0 fully saturated rings. The van der Waals surface area contributed by atoms with Crippen molar-refractivity contribution in [3.63, 3.8) is 0 Å². The van der Waals surface area contributed by atoms with Gasteiger partial charge in [0.05, 0.1) is 11.0 Å². The maximum atomic E-state index is 2.54. The monoisotopic (exact) mass is 431 g/mol. The summed E-state index contributed by atoms with van der Waals surface area (Å²) in [5, 5.41) is 2.84. The summed E-state index contributed by atoms with van der Waals surface area (Å²) >= 11 is 0. The third-order valence-corrected chi connectivity index (χ3v) is 8.44. The normalized spacial score (nSPS) is 14.1. The largest absolute Gasteiger partial charge is 0.309 e. The van der Waals surface area contributed by atoms with Crippen molar-refractivity contribution >= 4 is 21.8 Å². The number of para-hydroxylation sites is 2. The topological polar surface area (TPSA) is 4.93 Å². The molecule has 2 heterocycles. The van der Waals surface area contributed by atoms with Gasteiger partial charge in [0.15, 0.2) is 0 Å². The quantitative estimate of drug-likeness (QED) is 0.231.